The van der Waals surface area contributed by atoms with Gasteiger partial charge >= 0.3 is 0 Å². The summed E-state index contributed by atoms with van der Waals surface area (Å²) in [7, 11) is 3.38. The van der Waals surface area contributed by atoms with Gasteiger partial charge in [0.25, 0.3) is 0 Å². The van der Waals surface area contributed by atoms with Crippen LogP contribution >= 0.6 is 0 Å². The first-order valence-corrected chi connectivity index (χ1v) is 9.57. The van der Waals surface area contributed by atoms with Crippen LogP contribution in [0.1, 0.15) is 20.3 Å². The molecule has 6 nitrogen and oxygen atoms in total. The number of nitrogens with zero attached hydrogens (tertiary/aromatic N) is 2. The third-order valence-corrected chi connectivity index (χ3v) is 5.23. The van der Waals surface area contributed by atoms with E-state index < -0.39 is 11.7 Å². The summed E-state index contributed by atoms with van der Waals surface area (Å²) in [5.41, 5.74) is 1.54. The van der Waals surface area contributed by atoms with Crippen LogP contribution in [0.25, 0.3) is 0 Å². The first-order chi connectivity index (χ1) is 13.8. The van der Waals surface area contributed by atoms with E-state index >= 15 is 0 Å². The molecule has 1 heterocycles. The van der Waals surface area contributed by atoms with Gasteiger partial charge in [-0.2, -0.15) is 0 Å². The number of amides is 2. The lowest BCUT2D eigenvalue weighted by molar-refractivity contribution is -0.122. The number of carbonyl (C=O) groups excluding carboxylic acids is 2. The number of halogens is 1. The summed E-state index contributed by atoms with van der Waals surface area (Å²) in [5, 5.41) is 2.73. The summed E-state index contributed by atoms with van der Waals surface area (Å²) in [6, 6.07) is 11.9. The molecule has 1 fully saturated rings. The third kappa shape index (κ3) is 4.50. The van der Waals surface area contributed by atoms with Crippen molar-refractivity contribution in [1.29, 1.82) is 0 Å². The first-order valence-electron chi connectivity index (χ1n) is 9.57. The number of anilines is 3. The maximum absolute atomic E-state index is 14.4. The number of ether oxygens (including phenoxy) is 1. The maximum Gasteiger partial charge on any atom is 0.229 e. The second kappa shape index (κ2) is 8.51. The molecule has 0 spiro atoms. The average molecular weight is 399 g/mol. The zero-order valence-electron chi connectivity index (χ0n) is 17.1. The summed E-state index contributed by atoms with van der Waals surface area (Å²) in [6.07, 6.45) is 0.111. The summed E-state index contributed by atoms with van der Waals surface area (Å²) in [4.78, 5) is 28.5. The highest BCUT2D eigenvalue weighted by Gasteiger charge is 2.35. The average Bonchev–Trinajstić information content (AvgIpc) is 3.09. The van der Waals surface area contributed by atoms with Gasteiger partial charge in [0.2, 0.25) is 11.8 Å². The van der Waals surface area contributed by atoms with Gasteiger partial charge in [-0.25, -0.2) is 4.39 Å². The zero-order valence-corrected chi connectivity index (χ0v) is 17.1. The lowest BCUT2D eigenvalue weighted by Gasteiger charge is -2.24. The van der Waals surface area contributed by atoms with Crippen LogP contribution in [-0.2, 0) is 9.59 Å². The third-order valence-electron chi connectivity index (χ3n) is 5.23. The van der Waals surface area contributed by atoms with E-state index in [1.807, 2.05) is 25.8 Å². The molecule has 2 amide bonds. The van der Waals surface area contributed by atoms with Gasteiger partial charge in [-0.05, 0) is 44.2 Å². The fourth-order valence-electron chi connectivity index (χ4n) is 3.30. The van der Waals surface area contributed by atoms with Crippen LogP contribution in [0.2, 0.25) is 0 Å². The van der Waals surface area contributed by atoms with Gasteiger partial charge in [-0.15, -0.1) is 0 Å². The van der Waals surface area contributed by atoms with Crippen molar-refractivity contribution in [2.24, 2.45) is 5.92 Å². The van der Waals surface area contributed by atoms with Crippen molar-refractivity contribution in [2.75, 3.05) is 35.8 Å². The van der Waals surface area contributed by atoms with Crippen LogP contribution in [0.4, 0.5) is 21.5 Å². The van der Waals surface area contributed by atoms with Gasteiger partial charge in [-0.3, -0.25) is 9.59 Å². The fraction of sp³-hybridized carbons (Fsp3) is 0.364. The summed E-state index contributed by atoms with van der Waals surface area (Å²) >= 11 is 0. The summed E-state index contributed by atoms with van der Waals surface area (Å²) < 4.78 is 19.6. The van der Waals surface area contributed by atoms with Crippen molar-refractivity contribution in [3.8, 4) is 5.75 Å². The molecule has 3 rings (SSSR count). The highest BCUT2D eigenvalue weighted by molar-refractivity contribution is 6.03. The molecular formula is C22H26FN3O3. The standard InChI is InChI=1S/C22H26FN3O3/c1-14(2)25(3)20-9-8-16(11-19(20)23)24-22(28)15-10-21(27)26(13-15)17-6-5-7-18(12-17)29-4/h5-9,11-12,14-15H,10,13H2,1-4H3,(H,24,28). The molecule has 1 unspecified atom stereocenters. The number of methoxy groups -OCH3 is 1. The predicted octanol–water partition coefficient (Wildman–Crippen LogP) is 3.67. The minimum atomic E-state index is -0.505. The van der Waals surface area contributed by atoms with Gasteiger partial charge in [0, 0.05) is 43.5 Å². The number of carbonyl (C=O) groups is 2. The molecule has 0 radical (unpaired) electrons. The maximum atomic E-state index is 14.4. The Balaban J connectivity index is 1.68. The molecule has 1 N–H and O–H groups in total. The molecule has 0 aliphatic carbocycles. The highest BCUT2D eigenvalue weighted by Crippen LogP contribution is 2.29. The van der Waals surface area contributed by atoms with E-state index in [-0.39, 0.29) is 30.8 Å². The van der Waals surface area contributed by atoms with E-state index in [0.29, 0.717) is 22.8 Å². The van der Waals surface area contributed by atoms with Gasteiger partial charge in [0.05, 0.1) is 18.7 Å². The topological polar surface area (TPSA) is 61.9 Å². The lowest BCUT2D eigenvalue weighted by Crippen LogP contribution is -2.28. The van der Waals surface area contributed by atoms with Crippen molar-refractivity contribution in [1.82, 2.24) is 0 Å². The molecule has 0 aromatic heterocycles. The second-order valence-electron chi connectivity index (χ2n) is 7.47. The second-order valence-corrected chi connectivity index (χ2v) is 7.47. The van der Waals surface area contributed by atoms with Crippen LogP contribution in [0, 0.1) is 11.7 Å². The first kappa shape index (κ1) is 20.6. The van der Waals surface area contributed by atoms with E-state index in [1.54, 1.807) is 48.4 Å². The summed E-state index contributed by atoms with van der Waals surface area (Å²) in [6.45, 7) is 4.22. The van der Waals surface area contributed by atoms with Gasteiger partial charge in [0.1, 0.15) is 11.6 Å². The van der Waals surface area contributed by atoms with Gasteiger partial charge in [0.15, 0.2) is 0 Å². The highest BCUT2D eigenvalue weighted by atomic mass is 19.1. The SMILES string of the molecule is COc1cccc(N2CC(C(=O)Nc3ccc(N(C)C(C)C)c(F)c3)CC2=O)c1. The molecule has 1 aliphatic heterocycles. The fourth-order valence-corrected chi connectivity index (χ4v) is 3.30. The van der Waals surface area contributed by atoms with Crippen molar-refractivity contribution < 1.29 is 18.7 Å². The van der Waals surface area contributed by atoms with Crippen LogP contribution in [-0.4, -0.2) is 38.6 Å². The van der Waals surface area contributed by atoms with Crippen LogP contribution < -0.4 is 19.9 Å². The Hall–Kier alpha value is -3.09. The Morgan fingerprint density at radius 3 is 2.69 bits per heavy atom. The number of hydrogen-bond acceptors (Lipinski definition) is 4. The quantitative estimate of drug-likeness (QED) is 0.805. The van der Waals surface area contributed by atoms with Crippen molar-refractivity contribution in [2.45, 2.75) is 26.3 Å². The molecular weight excluding hydrogens is 373 g/mol. The smallest absolute Gasteiger partial charge is 0.229 e. The monoisotopic (exact) mass is 399 g/mol. The van der Waals surface area contributed by atoms with E-state index in [4.69, 9.17) is 4.74 Å². The van der Waals surface area contributed by atoms with E-state index in [2.05, 4.69) is 5.32 Å². The van der Waals surface area contributed by atoms with E-state index in [9.17, 15) is 14.0 Å². The molecule has 154 valence electrons. The largest absolute Gasteiger partial charge is 0.497 e. The molecule has 2 aromatic rings. The minimum Gasteiger partial charge on any atom is -0.497 e. The Morgan fingerprint density at radius 2 is 2.03 bits per heavy atom. The number of nitrogens with one attached hydrogen (secondary N) is 1. The van der Waals surface area contributed by atoms with Gasteiger partial charge < -0.3 is 19.9 Å². The normalized spacial score (nSPS) is 16.3. The van der Waals surface area contributed by atoms with Gasteiger partial charge in [-0.1, -0.05) is 6.07 Å². The molecule has 2 aromatic carbocycles. The molecule has 0 bridgehead atoms. The Bertz CT molecular complexity index is 916. The van der Waals surface area contributed by atoms with E-state index in [0.717, 1.165) is 0 Å². The Kier molecular flexibility index (Phi) is 6.06. The zero-order chi connectivity index (χ0) is 21.1. The van der Waals surface area contributed by atoms with Crippen molar-refractivity contribution in [3.63, 3.8) is 0 Å². The summed E-state index contributed by atoms with van der Waals surface area (Å²) in [5.74, 6) is -0.689. The van der Waals surface area contributed by atoms with Crippen molar-refractivity contribution in [3.05, 3.63) is 48.3 Å². The van der Waals surface area contributed by atoms with Crippen LogP contribution in [0.3, 0.4) is 0 Å². The minimum absolute atomic E-state index is 0.111. The number of benzene rings is 2. The van der Waals surface area contributed by atoms with Crippen molar-refractivity contribution >= 4 is 28.9 Å². The predicted molar refractivity (Wildman–Crippen MR) is 112 cm³/mol. The molecule has 7 heteroatoms. The Labute approximate surface area is 170 Å². The molecule has 1 aliphatic rings. The number of rotatable bonds is 6. The number of hydrogen-bond donors (Lipinski definition) is 1. The van der Waals surface area contributed by atoms with Crippen LogP contribution in [0.5, 0.6) is 5.75 Å². The lowest BCUT2D eigenvalue weighted by atomic mass is 10.1. The Morgan fingerprint density at radius 1 is 1.28 bits per heavy atom. The molecule has 1 atom stereocenters. The molecule has 1 saturated heterocycles. The molecule has 29 heavy (non-hydrogen) atoms. The molecule has 0 saturated carbocycles. The van der Waals surface area contributed by atoms with Crippen LogP contribution in [0.15, 0.2) is 42.5 Å². The van der Waals surface area contributed by atoms with E-state index in [1.165, 1.54) is 6.07 Å².